The van der Waals surface area contributed by atoms with Crippen molar-refractivity contribution in [1.29, 1.82) is 0 Å². The van der Waals surface area contributed by atoms with Crippen molar-refractivity contribution >= 4 is 5.82 Å². The molecule has 0 aromatic carbocycles. The minimum absolute atomic E-state index is 0.542. The summed E-state index contributed by atoms with van der Waals surface area (Å²) >= 11 is 0. The number of aromatic nitrogens is 5. The van der Waals surface area contributed by atoms with Crippen LogP contribution in [0.3, 0.4) is 0 Å². The Bertz CT molecular complexity index is 745. The number of nitrogens with zero attached hydrogens (tertiary/aromatic N) is 5. The number of hydrogen-bond donors (Lipinski definition) is 2. The molecule has 3 aromatic heterocycles. The van der Waals surface area contributed by atoms with Crippen LogP contribution in [0.15, 0.2) is 49.3 Å². The molecule has 4 rings (SSSR count). The maximum absolute atomic E-state index is 4.47. The highest BCUT2D eigenvalue weighted by atomic mass is 15.3. The fourth-order valence-electron chi connectivity index (χ4n) is 2.81. The van der Waals surface area contributed by atoms with Crippen molar-refractivity contribution in [2.75, 3.05) is 18.4 Å². The predicted octanol–water partition coefficient (Wildman–Crippen LogP) is 1.30. The van der Waals surface area contributed by atoms with Crippen molar-refractivity contribution in [3.63, 3.8) is 0 Å². The predicted molar refractivity (Wildman–Crippen MR) is 87.3 cm³/mol. The molecule has 0 saturated carbocycles. The van der Waals surface area contributed by atoms with Crippen LogP contribution in [-0.4, -0.2) is 37.4 Å². The van der Waals surface area contributed by atoms with Gasteiger partial charge < -0.3 is 10.6 Å². The standard InChI is InChI=1S/C16H19N7/c1-2-15(22-6-5-17-12-22)19-9-13(1)7-18-8-14-10-20-16-3-4-21-23(16)11-14/h1-6,9,12,14,18,20H,7-8,10-11H2. The number of anilines is 1. The summed E-state index contributed by atoms with van der Waals surface area (Å²) in [6, 6.07) is 6.12. The second-order valence-corrected chi connectivity index (χ2v) is 5.77. The Morgan fingerprint density at radius 1 is 1.26 bits per heavy atom. The Morgan fingerprint density at radius 2 is 2.26 bits per heavy atom. The van der Waals surface area contributed by atoms with E-state index >= 15 is 0 Å². The SMILES string of the molecule is c1cn(-c2ccc(CNCC3CNc4ccnn4C3)cn2)cn1. The largest absolute Gasteiger partial charge is 0.370 e. The number of fused-ring (bicyclic) bond motifs is 1. The fraction of sp³-hybridized carbons (Fsp3) is 0.312. The van der Waals surface area contributed by atoms with Gasteiger partial charge in [0.1, 0.15) is 18.0 Å². The number of imidazole rings is 1. The van der Waals surface area contributed by atoms with E-state index in [0.717, 1.165) is 37.8 Å². The van der Waals surface area contributed by atoms with Crippen LogP contribution in [0.2, 0.25) is 0 Å². The van der Waals surface area contributed by atoms with Gasteiger partial charge in [-0.15, -0.1) is 0 Å². The first-order chi connectivity index (χ1) is 11.4. The van der Waals surface area contributed by atoms with Gasteiger partial charge in [-0.2, -0.15) is 5.10 Å². The topological polar surface area (TPSA) is 72.6 Å². The lowest BCUT2D eigenvalue weighted by Crippen LogP contribution is -2.35. The molecule has 7 heteroatoms. The molecule has 0 radical (unpaired) electrons. The quantitative estimate of drug-likeness (QED) is 0.743. The van der Waals surface area contributed by atoms with Crippen LogP contribution in [0.1, 0.15) is 5.56 Å². The zero-order valence-corrected chi connectivity index (χ0v) is 12.8. The minimum atomic E-state index is 0.542. The van der Waals surface area contributed by atoms with Crippen LogP contribution >= 0.6 is 0 Å². The van der Waals surface area contributed by atoms with E-state index in [-0.39, 0.29) is 0 Å². The Morgan fingerprint density at radius 3 is 3.09 bits per heavy atom. The number of pyridine rings is 1. The Labute approximate surface area is 134 Å². The summed E-state index contributed by atoms with van der Waals surface area (Å²) < 4.78 is 3.92. The third kappa shape index (κ3) is 3.09. The molecule has 0 saturated heterocycles. The van der Waals surface area contributed by atoms with Crippen LogP contribution in [0.4, 0.5) is 5.82 Å². The molecule has 0 bridgehead atoms. The lowest BCUT2D eigenvalue weighted by atomic mass is 10.1. The van der Waals surface area contributed by atoms with Crippen LogP contribution in [0.5, 0.6) is 0 Å². The summed E-state index contributed by atoms with van der Waals surface area (Å²) in [7, 11) is 0. The number of nitrogens with one attached hydrogen (secondary N) is 2. The Kier molecular flexibility index (Phi) is 3.77. The van der Waals surface area contributed by atoms with Gasteiger partial charge in [-0.05, 0) is 11.6 Å². The second kappa shape index (κ2) is 6.21. The van der Waals surface area contributed by atoms with Crippen molar-refractivity contribution in [3.05, 3.63) is 54.9 Å². The molecule has 23 heavy (non-hydrogen) atoms. The van der Waals surface area contributed by atoms with Crippen molar-refractivity contribution in [3.8, 4) is 5.82 Å². The normalized spacial score (nSPS) is 16.8. The lowest BCUT2D eigenvalue weighted by molar-refractivity contribution is 0.391. The minimum Gasteiger partial charge on any atom is -0.370 e. The molecular formula is C16H19N7. The van der Waals surface area contributed by atoms with Gasteiger partial charge in [0.15, 0.2) is 0 Å². The highest BCUT2D eigenvalue weighted by Crippen LogP contribution is 2.15. The van der Waals surface area contributed by atoms with Gasteiger partial charge in [0, 0.05) is 56.8 Å². The molecule has 0 aliphatic carbocycles. The third-order valence-corrected chi connectivity index (χ3v) is 4.06. The van der Waals surface area contributed by atoms with Crippen LogP contribution in [-0.2, 0) is 13.1 Å². The molecule has 3 aromatic rings. The highest BCUT2D eigenvalue weighted by molar-refractivity contribution is 5.35. The van der Waals surface area contributed by atoms with Crippen LogP contribution < -0.4 is 10.6 Å². The van der Waals surface area contributed by atoms with Gasteiger partial charge in [-0.1, -0.05) is 6.07 Å². The summed E-state index contributed by atoms with van der Waals surface area (Å²) in [5.41, 5.74) is 1.18. The molecule has 0 spiro atoms. The maximum atomic E-state index is 4.47. The van der Waals surface area contributed by atoms with Gasteiger partial charge in [0.25, 0.3) is 0 Å². The van der Waals surface area contributed by atoms with Crippen LogP contribution in [0.25, 0.3) is 5.82 Å². The average Bonchev–Trinajstić information content (AvgIpc) is 3.27. The van der Waals surface area contributed by atoms with Crippen molar-refractivity contribution in [2.24, 2.45) is 5.92 Å². The Hall–Kier alpha value is -2.67. The van der Waals surface area contributed by atoms with E-state index in [1.165, 1.54) is 5.56 Å². The number of rotatable bonds is 5. The first kappa shape index (κ1) is 14.0. The molecule has 4 heterocycles. The summed E-state index contributed by atoms with van der Waals surface area (Å²) in [4.78, 5) is 8.50. The van der Waals surface area contributed by atoms with E-state index < -0.39 is 0 Å². The third-order valence-electron chi connectivity index (χ3n) is 4.06. The van der Waals surface area contributed by atoms with Crippen molar-refractivity contribution in [1.82, 2.24) is 29.6 Å². The highest BCUT2D eigenvalue weighted by Gasteiger charge is 2.17. The summed E-state index contributed by atoms with van der Waals surface area (Å²) in [5, 5.41) is 11.2. The van der Waals surface area contributed by atoms with Gasteiger partial charge in [-0.3, -0.25) is 4.57 Å². The van der Waals surface area contributed by atoms with Gasteiger partial charge in [0.05, 0.1) is 6.20 Å². The van der Waals surface area contributed by atoms with Gasteiger partial charge >= 0.3 is 0 Å². The van der Waals surface area contributed by atoms with E-state index in [2.05, 4.69) is 31.8 Å². The zero-order chi connectivity index (χ0) is 15.5. The molecule has 7 nitrogen and oxygen atoms in total. The van der Waals surface area contributed by atoms with Crippen molar-refractivity contribution < 1.29 is 0 Å². The summed E-state index contributed by atoms with van der Waals surface area (Å²) in [6.45, 7) is 3.71. The molecule has 118 valence electrons. The second-order valence-electron chi connectivity index (χ2n) is 5.77. The van der Waals surface area contributed by atoms with Gasteiger partial charge in [-0.25, -0.2) is 14.6 Å². The molecule has 0 fully saturated rings. The summed E-state index contributed by atoms with van der Waals surface area (Å²) in [5.74, 6) is 2.54. The van der Waals surface area contributed by atoms with E-state index in [0.29, 0.717) is 5.92 Å². The van der Waals surface area contributed by atoms with Crippen LogP contribution in [0, 0.1) is 5.92 Å². The Balaban J connectivity index is 1.28. The fourth-order valence-corrected chi connectivity index (χ4v) is 2.81. The lowest BCUT2D eigenvalue weighted by Gasteiger charge is -2.25. The maximum Gasteiger partial charge on any atom is 0.137 e. The smallest absolute Gasteiger partial charge is 0.137 e. The van der Waals surface area contributed by atoms with Gasteiger partial charge in [0.2, 0.25) is 0 Å². The average molecular weight is 309 g/mol. The summed E-state index contributed by atoms with van der Waals surface area (Å²) in [6.07, 6.45) is 9.14. The van der Waals surface area contributed by atoms with E-state index in [1.54, 1.807) is 12.5 Å². The van der Waals surface area contributed by atoms with Crippen molar-refractivity contribution in [2.45, 2.75) is 13.1 Å². The first-order valence-electron chi connectivity index (χ1n) is 7.78. The molecular weight excluding hydrogens is 290 g/mol. The van der Waals surface area contributed by atoms with E-state index in [4.69, 9.17) is 0 Å². The first-order valence-corrected chi connectivity index (χ1v) is 7.78. The van der Waals surface area contributed by atoms with E-state index in [9.17, 15) is 0 Å². The molecule has 1 unspecified atom stereocenters. The molecule has 1 aliphatic heterocycles. The molecule has 1 aliphatic rings. The molecule has 2 N–H and O–H groups in total. The molecule has 1 atom stereocenters. The molecule has 0 amide bonds. The monoisotopic (exact) mass is 309 g/mol. The van der Waals surface area contributed by atoms with E-state index in [1.807, 2.05) is 40.0 Å². The zero-order valence-electron chi connectivity index (χ0n) is 12.8. The number of hydrogen-bond acceptors (Lipinski definition) is 5.